The number of nitrogens with zero attached hydrogens (tertiary/aromatic N) is 1. The molecule has 4 rings (SSSR count). The van der Waals surface area contributed by atoms with Crippen molar-refractivity contribution in [3.63, 3.8) is 0 Å². The monoisotopic (exact) mass is 356 g/mol. The van der Waals surface area contributed by atoms with Crippen molar-refractivity contribution < 1.29 is 9.53 Å². The molecule has 1 saturated heterocycles. The molecule has 0 radical (unpaired) electrons. The Balaban J connectivity index is 1.47. The van der Waals surface area contributed by atoms with Crippen LogP contribution >= 0.6 is 11.6 Å². The Morgan fingerprint density at radius 3 is 2.76 bits per heavy atom. The van der Waals surface area contributed by atoms with Crippen molar-refractivity contribution in [3.05, 3.63) is 64.7 Å². The fraction of sp³-hybridized carbons (Fsp3) is 0.350. The van der Waals surface area contributed by atoms with Gasteiger partial charge in [0.1, 0.15) is 12.4 Å². The van der Waals surface area contributed by atoms with Crippen molar-refractivity contribution in [1.82, 2.24) is 4.90 Å². The van der Waals surface area contributed by atoms with Gasteiger partial charge >= 0.3 is 0 Å². The van der Waals surface area contributed by atoms with E-state index in [1.807, 2.05) is 41.3 Å². The molecule has 0 bridgehead atoms. The number of amides is 1. The molecule has 1 amide bonds. The third kappa shape index (κ3) is 3.24. The second-order valence-corrected chi connectivity index (χ2v) is 7.32. The van der Waals surface area contributed by atoms with Gasteiger partial charge in [0.05, 0.1) is 5.92 Å². The molecular weight excluding hydrogens is 336 g/mol. The smallest absolute Gasteiger partial charge is 0.229 e. The van der Waals surface area contributed by atoms with Crippen LogP contribution in [0.2, 0.25) is 5.02 Å². The average Bonchev–Trinajstić information content (AvgIpc) is 3.03. The minimum Gasteiger partial charge on any atom is -0.492 e. The molecule has 0 saturated carbocycles. The van der Waals surface area contributed by atoms with Crippen LogP contribution in [0.3, 0.4) is 0 Å². The zero-order chi connectivity index (χ0) is 17.4. The van der Waals surface area contributed by atoms with E-state index in [9.17, 15) is 4.79 Å². The molecule has 0 aliphatic carbocycles. The van der Waals surface area contributed by atoms with Crippen LogP contribution in [0.25, 0.3) is 0 Å². The number of likely N-dealkylation sites (tertiary alicyclic amines) is 1. The molecule has 2 aromatic carbocycles. The third-order valence-electron chi connectivity index (χ3n) is 5.18. The lowest BCUT2D eigenvalue weighted by atomic mass is 9.94. The van der Waals surface area contributed by atoms with Gasteiger partial charge in [-0.2, -0.15) is 0 Å². The van der Waals surface area contributed by atoms with Crippen molar-refractivity contribution in [2.45, 2.75) is 18.4 Å². The predicted octanol–water partition coefficient (Wildman–Crippen LogP) is 2.84. The van der Waals surface area contributed by atoms with E-state index in [0.717, 1.165) is 11.3 Å². The number of carbonyl (C=O) groups excluding carboxylic acids is 1. The van der Waals surface area contributed by atoms with Crippen LogP contribution < -0.4 is 10.5 Å². The maximum atomic E-state index is 13.0. The summed E-state index contributed by atoms with van der Waals surface area (Å²) in [5.41, 5.74) is 8.52. The summed E-state index contributed by atoms with van der Waals surface area (Å²) in [6.07, 6.45) is 0.663. The Kier molecular flexibility index (Phi) is 4.40. The van der Waals surface area contributed by atoms with Crippen molar-refractivity contribution >= 4 is 17.5 Å². The molecule has 1 fully saturated rings. The zero-order valence-corrected chi connectivity index (χ0v) is 14.7. The Bertz CT molecular complexity index is 781. The standard InChI is InChI=1S/C20H21ClN2O2/c21-16-6-7-19-14(9-16)8-15(12-25-19)20(24)23-10-17(18(22)11-23)13-4-2-1-3-5-13/h1-7,9,15,17-18H,8,10-12,22H2/t15?,17-,18+/m0/s1. The van der Waals surface area contributed by atoms with Gasteiger partial charge in [0.2, 0.25) is 5.91 Å². The van der Waals surface area contributed by atoms with Gasteiger partial charge in [-0.1, -0.05) is 41.9 Å². The molecule has 2 heterocycles. The first-order valence-electron chi connectivity index (χ1n) is 8.62. The molecule has 2 aliphatic heterocycles. The number of ether oxygens (including phenoxy) is 1. The highest BCUT2D eigenvalue weighted by molar-refractivity contribution is 6.30. The van der Waals surface area contributed by atoms with Gasteiger partial charge in [-0.15, -0.1) is 0 Å². The summed E-state index contributed by atoms with van der Waals surface area (Å²) in [5.74, 6) is 0.970. The highest BCUT2D eigenvalue weighted by atomic mass is 35.5. The fourth-order valence-electron chi connectivity index (χ4n) is 3.84. The highest BCUT2D eigenvalue weighted by Gasteiger charge is 2.37. The summed E-state index contributed by atoms with van der Waals surface area (Å²) in [4.78, 5) is 14.9. The molecule has 0 spiro atoms. The van der Waals surface area contributed by atoms with Crippen LogP contribution in [0, 0.1) is 5.92 Å². The number of halogens is 1. The molecule has 2 aliphatic rings. The molecule has 0 aromatic heterocycles. The van der Waals surface area contributed by atoms with E-state index in [1.54, 1.807) is 0 Å². The fourth-order valence-corrected chi connectivity index (χ4v) is 4.04. The molecule has 2 aromatic rings. The van der Waals surface area contributed by atoms with Gasteiger partial charge in [0.25, 0.3) is 0 Å². The molecule has 1 unspecified atom stereocenters. The van der Waals surface area contributed by atoms with Gasteiger partial charge in [0, 0.05) is 30.1 Å². The molecule has 2 N–H and O–H groups in total. The third-order valence-corrected chi connectivity index (χ3v) is 5.42. The van der Waals surface area contributed by atoms with E-state index in [4.69, 9.17) is 22.1 Å². The van der Waals surface area contributed by atoms with E-state index in [2.05, 4.69) is 12.1 Å². The normalized spacial score (nSPS) is 25.4. The quantitative estimate of drug-likeness (QED) is 0.900. The summed E-state index contributed by atoms with van der Waals surface area (Å²) in [6, 6.07) is 15.7. The lowest BCUT2D eigenvalue weighted by Gasteiger charge is -2.28. The number of benzene rings is 2. The summed E-state index contributed by atoms with van der Waals surface area (Å²) in [6.45, 7) is 1.68. The van der Waals surface area contributed by atoms with Gasteiger partial charge < -0.3 is 15.4 Å². The minimum absolute atomic E-state index is 0.0300. The van der Waals surface area contributed by atoms with E-state index in [0.29, 0.717) is 31.1 Å². The average molecular weight is 357 g/mol. The summed E-state index contributed by atoms with van der Waals surface area (Å²) in [7, 11) is 0. The Morgan fingerprint density at radius 2 is 1.96 bits per heavy atom. The SMILES string of the molecule is N[C@@H]1CN(C(=O)C2COc3ccc(Cl)cc3C2)C[C@H]1c1ccccc1. The van der Waals surface area contributed by atoms with Crippen molar-refractivity contribution in [2.75, 3.05) is 19.7 Å². The number of hydrogen-bond donors (Lipinski definition) is 1. The lowest BCUT2D eigenvalue weighted by Crippen LogP contribution is -2.40. The Hall–Kier alpha value is -2.04. The van der Waals surface area contributed by atoms with Gasteiger partial charge in [-0.05, 0) is 35.7 Å². The number of nitrogens with two attached hydrogens (primary N) is 1. The van der Waals surface area contributed by atoms with Crippen molar-refractivity contribution in [2.24, 2.45) is 11.7 Å². The van der Waals surface area contributed by atoms with Crippen molar-refractivity contribution in [1.29, 1.82) is 0 Å². The minimum atomic E-state index is -0.173. The van der Waals surface area contributed by atoms with E-state index < -0.39 is 0 Å². The number of carbonyl (C=O) groups is 1. The second kappa shape index (κ2) is 6.70. The summed E-state index contributed by atoms with van der Waals surface area (Å²) >= 11 is 6.07. The molecule has 25 heavy (non-hydrogen) atoms. The van der Waals surface area contributed by atoms with Crippen LogP contribution in [0.15, 0.2) is 48.5 Å². The first-order valence-corrected chi connectivity index (χ1v) is 9.00. The van der Waals surface area contributed by atoms with Crippen LogP contribution in [0.1, 0.15) is 17.0 Å². The Morgan fingerprint density at radius 1 is 1.16 bits per heavy atom. The number of rotatable bonds is 2. The molecular formula is C20H21ClN2O2. The van der Waals surface area contributed by atoms with E-state index >= 15 is 0 Å². The van der Waals surface area contributed by atoms with Crippen LogP contribution in [0.4, 0.5) is 0 Å². The van der Waals surface area contributed by atoms with Gasteiger partial charge in [-0.3, -0.25) is 4.79 Å². The first-order chi connectivity index (χ1) is 12.1. The predicted molar refractivity (Wildman–Crippen MR) is 97.9 cm³/mol. The highest BCUT2D eigenvalue weighted by Crippen LogP contribution is 2.32. The van der Waals surface area contributed by atoms with Crippen LogP contribution in [0.5, 0.6) is 5.75 Å². The lowest BCUT2D eigenvalue weighted by molar-refractivity contribution is -0.135. The largest absolute Gasteiger partial charge is 0.492 e. The molecule has 130 valence electrons. The Labute approximate surface area is 152 Å². The summed E-state index contributed by atoms with van der Waals surface area (Å²) < 4.78 is 5.77. The second-order valence-electron chi connectivity index (χ2n) is 6.89. The van der Waals surface area contributed by atoms with Crippen LogP contribution in [-0.2, 0) is 11.2 Å². The van der Waals surface area contributed by atoms with E-state index in [1.165, 1.54) is 5.56 Å². The number of fused-ring (bicyclic) bond motifs is 1. The molecule has 3 atom stereocenters. The summed E-state index contributed by atoms with van der Waals surface area (Å²) in [5, 5.41) is 0.669. The molecule has 5 heteroatoms. The first kappa shape index (κ1) is 16.4. The maximum absolute atomic E-state index is 13.0. The van der Waals surface area contributed by atoms with Crippen molar-refractivity contribution in [3.8, 4) is 5.75 Å². The zero-order valence-electron chi connectivity index (χ0n) is 13.9. The number of hydrogen-bond acceptors (Lipinski definition) is 3. The van der Waals surface area contributed by atoms with Crippen LogP contribution in [-0.4, -0.2) is 36.5 Å². The van der Waals surface area contributed by atoms with Gasteiger partial charge in [0.15, 0.2) is 0 Å². The van der Waals surface area contributed by atoms with E-state index in [-0.39, 0.29) is 23.8 Å². The maximum Gasteiger partial charge on any atom is 0.229 e. The van der Waals surface area contributed by atoms with Gasteiger partial charge in [-0.25, -0.2) is 0 Å². The molecule has 4 nitrogen and oxygen atoms in total. The topological polar surface area (TPSA) is 55.6 Å².